The molecule has 10 heteroatoms. The molecular formula is C28H21IN4O5. The Labute approximate surface area is 231 Å². The summed E-state index contributed by atoms with van der Waals surface area (Å²) < 4.78 is 18.8. The molecule has 0 spiro atoms. The van der Waals surface area contributed by atoms with Gasteiger partial charge < -0.3 is 19.5 Å². The van der Waals surface area contributed by atoms with Crippen LogP contribution in [-0.2, 0) is 0 Å². The number of benzene rings is 2. The molecule has 1 N–H and O–H groups in total. The first kappa shape index (κ1) is 25.2. The molecular weight excluding hydrogens is 599 g/mol. The number of pyridine rings is 3. The van der Waals surface area contributed by atoms with E-state index in [0.29, 0.717) is 37.8 Å². The van der Waals surface area contributed by atoms with Gasteiger partial charge in [0.1, 0.15) is 22.9 Å². The summed E-state index contributed by atoms with van der Waals surface area (Å²) >= 11 is 1.98. The van der Waals surface area contributed by atoms with Crippen LogP contribution in [0, 0.1) is 3.57 Å². The van der Waals surface area contributed by atoms with Gasteiger partial charge in [0.25, 0.3) is 11.5 Å². The van der Waals surface area contributed by atoms with Crippen molar-refractivity contribution in [2.75, 3.05) is 19.5 Å². The van der Waals surface area contributed by atoms with E-state index in [1.807, 2.05) is 40.8 Å². The van der Waals surface area contributed by atoms with Crippen LogP contribution in [0.5, 0.6) is 23.0 Å². The predicted molar refractivity (Wildman–Crippen MR) is 152 cm³/mol. The maximum absolute atomic E-state index is 13.1. The van der Waals surface area contributed by atoms with Crippen LogP contribution in [-0.4, -0.2) is 34.7 Å². The standard InChI is InChI=1S/C28H21IN4O5/c1-36-23-14-19-21(15-24(23)37-2)30-12-10-22(19)38-18-8-9-25(31-16-18)32-27(34)26-20(29)11-13-33(28(26)35)17-6-4-3-5-7-17/h3-16H,1-2H3,(H,31,32,34). The Hall–Kier alpha value is -4.45. The van der Waals surface area contributed by atoms with Gasteiger partial charge in [-0.3, -0.25) is 19.1 Å². The molecule has 0 atom stereocenters. The average Bonchev–Trinajstić information content (AvgIpc) is 2.94. The van der Waals surface area contributed by atoms with E-state index in [9.17, 15) is 9.59 Å². The molecule has 0 fully saturated rings. The lowest BCUT2D eigenvalue weighted by atomic mass is 10.2. The normalized spacial score (nSPS) is 10.7. The van der Waals surface area contributed by atoms with E-state index in [4.69, 9.17) is 14.2 Å². The first-order chi connectivity index (χ1) is 18.5. The lowest BCUT2D eigenvalue weighted by Crippen LogP contribution is -2.29. The van der Waals surface area contributed by atoms with Crippen LogP contribution in [0.15, 0.2) is 90.1 Å². The van der Waals surface area contributed by atoms with Crippen molar-refractivity contribution in [2.24, 2.45) is 0 Å². The van der Waals surface area contributed by atoms with Gasteiger partial charge in [-0.15, -0.1) is 0 Å². The summed E-state index contributed by atoms with van der Waals surface area (Å²) in [7, 11) is 3.12. The summed E-state index contributed by atoms with van der Waals surface area (Å²) in [6.45, 7) is 0. The minimum atomic E-state index is -0.549. The SMILES string of the molecule is COc1cc2nccc(Oc3ccc(NC(=O)c4c(I)ccn(-c5ccccc5)c4=O)nc3)c2cc1OC. The van der Waals surface area contributed by atoms with Crippen molar-refractivity contribution in [1.29, 1.82) is 0 Å². The van der Waals surface area contributed by atoms with E-state index in [-0.39, 0.29) is 11.4 Å². The lowest BCUT2D eigenvalue weighted by molar-refractivity contribution is 0.102. The van der Waals surface area contributed by atoms with Crippen LogP contribution in [0.25, 0.3) is 16.6 Å². The topological polar surface area (TPSA) is 105 Å². The molecule has 3 aromatic heterocycles. The highest BCUT2D eigenvalue weighted by molar-refractivity contribution is 14.1. The molecule has 0 aliphatic carbocycles. The van der Waals surface area contributed by atoms with Crippen LogP contribution in [0.4, 0.5) is 5.82 Å². The molecule has 0 bridgehead atoms. The molecule has 0 aliphatic rings. The van der Waals surface area contributed by atoms with Gasteiger partial charge in [0.2, 0.25) is 0 Å². The highest BCUT2D eigenvalue weighted by Gasteiger charge is 2.18. The van der Waals surface area contributed by atoms with Crippen molar-refractivity contribution in [2.45, 2.75) is 0 Å². The molecule has 38 heavy (non-hydrogen) atoms. The monoisotopic (exact) mass is 620 g/mol. The Morgan fingerprint density at radius 3 is 2.39 bits per heavy atom. The minimum absolute atomic E-state index is 0.0340. The number of methoxy groups -OCH3 is 2. The van der Waals surface area contributed by atoms with Crippen LogP contribution in [0.1, 0.15) is 10.4 Å². The molecule has 0 saturated carbocycles. The molecule has 0 saturated heterocycles. The summed E-state index contributed by atoms with van der Waals surface area (Å²) in [5.41, 5.74) is 0.960. The van der Waals surface area contributed by atoms with Gasteiger partial charge in [0, 0.05) is 33.1 Å². The molecule has 1 amide bonds. The van der Waals surface area contributed by atoms with Gasteiger partial charge in [-0.1, -0.05) is 18.2 Å². The van der Waals surface area contributed by atoms with Gasteiger partial charge in [-0.25, -0.2) is 4.98 Å². The number of rotatable bonds is 7. The number of amides is 1. The number of aromatic nitrogens is 3. The molecule has 0 radical (unpaired) electrons. The number of carbonyl (C=O) groups excluding carboxylic acids is 1. The number of ether oxygens (including phenoxy) is 3. The number of anilines is 1. The number of para-hydroxylation sites is 1. The Morgan fingerprint density at radius 1 is 0.921 bits per heavy atom. The fraction of sp³-hybridized carbons (Fsp3) is 0.0714. The summed E-state index contributed by atoms with van der Waals surface area (Å²) in [5.74, 6) is 1.84. The molecule has 9 nitrogen and oxygen atoms in total. The minimum Gasteiger partial charge on any atom is -0.493 e. The van der Waals surface area contributed by atoms with Crippen molar-refractivity contribution in [1.82, 2.24) is 14.5 Å². The number of hydrogen-bond acceptors (Lipinski definition) is 7. The van der Waals surface area contributed by atoms with Crippen molar-refractivity contribution < 1.29 is 19.0 Å². The number of hydrogen-bond donors (Lipinski definition) is 1. The van der Waals surface area contributed by atoms with Crippen molar-refractivity contribution in [3.05, 3.63) is 105 Å². The molecule has 5 aromatic rings. The van der Waals surface area contributed by atoms with E-state index in [1.54, 1.807) is 75.1 Å². The van der Waals surface area contributed by atoms with E-state index in [1.165, 1.54) is 10.8 Å². The predicted octanol–water partition coefficient (Wildman–Crippen LogP) is 5.45. The first-order valence-electron chi connectivity index (χ1n) is 11.4. The van der Waals surface area contributed by atoms with E-state index in [0.717, 1.165) is 5.39 Å². The fourth-order valence-corrected chi connectivity index (χ4v) is 4.50. The lowest BCUT2D eigenvalue weighted by Gasteiger charge is -2.13. The van der Waals surface area contributed by atoms with Crippen molar-refractivity contribution >= 4 is 45.2 Å². The molecule has 0 aliphatic heterocycles. The largest absolute Gasteiger partial charge is 0.493 e. The smallest absolute Gasteiger partial charge is 0.269 e. The van der Waals surface area contributed by atoms with E-state index in [2.05, 4.69) is 15.3 Å². The second-order valence-corrected chi connectivity index (χ2v) is 9.18. The maximum Gasteiger partial charge on any atom is 0.269 e. The number of fused-ring (bicyclic) bond motifs is 1. The van der Waals surface area contributed by atoms with Gasteiger partial charge >= 0.3 is 0 Å². The first-order valence-corrected chi connectivity index (χ1v) is 12.5. The van der Waals surface area contributed by atoms with Crippen LogP contribution < -0.4 is 25.1 Å². The Kier molecular flexibility index (Phi) is 7.22. The van der Waals surface area contributed by atoms with E-state index >= 15 is 0 Å². The zero-order valence-electron chi connectivity index (χ0n) is 20.3. The second-order valence-electron chi connectivity index (χ2n) is 8.02. The molecule has 3 heterocycles. The van der Waals surface area contributed by atoms with Gasteiger partial charge in [-0.05, 0) is 65.1 Å². The fourth-order valence-electron chi connectivity index (χ4n) is 3.87. The highest BCUT2D eigenvalue weighted by atomic mass is 127. The van der Waals surface area contributed by atoms with Crippen molar-refractivity contribution in [3.63, 3.8) is 0 Å². The zero-order chi connectivity index (χ0) is 26.6. The number of halogens is 1. The number of nitrogens with one attached hydrogen (secondary N) is 1. The number of nitrogens with zero attached hydrogens (tertiary/aromatic N) is 3. The highest BCUT2D eigenvalue weighted by Crippen LogP contribution is 2.36. The third-order valence-electron chi connectivity index (χ3n) is 5.72. The summed E-state index contributed by atoms with van der Waals surface area (Å²) in [5, 5.41) is 3.44. The zero-order valence-corrected chi connectivity index (χ0v) is 22.5. The maximum atomic E-state index is 13.1. The molecule has 5 rings (SSSR count). The Morgan fingerprint density at radius 2 is 1.68 bits per heavy atom. The van der Waals surface area contributed by atoms with E-state index < -0.39 is 11.5 Å². The molecule has 190 valence electrons. The number of carbonyl (C=O) groups is 1. The third-order valence-corrected chi connectivity index (χ3v) is 6.61. The second kappa shape index (κ2) is 10.9. The summed E-state index contributed by atoms with van der Waals surface area (Å²) in [6.07, 6.45) is 4.77. The third kappa shape index (κ3) is 5.02. The van der Waals surface area contributed by atoms with Gasteiger partial charge in [0.05, 0.1) is 25.9 Å². The Bertz CT molecular complexity index is 1690. The van der Waals surface area contributed by atoms with Gasteiger partial charge in [0.15, 0.2) is 11.5 Å². The van der Waals surface area contributed by atoms with Crippen LogP contribution >= 0.6 is 22.6 Å². The quantitative estimate of drug-likeness (QED) is 0.242. The molecule has 0 unspecified atom stereocenters. The van der Waals surface area contributed by atoms with Crippen LogP contribution in [0.2, 0.25) is 0 Å². The Balaban J connectivity index is 1.37. The molecule has 2 aromatic carbocycles. The summed E-state index contributed by atoms with van der Waals surface area (Å²) in [4.78, 5) is 34.8. The van der Waals surface area contributed by atoms with Crippen LogP contribution in [0.3, 0.4) is 0 Å². The summed E-state index contributed by atoms with van der Waals surface area (Å²) in [6, 6.07) is 19.4. The van der Waals surface area contributed by atoms with Gasteiger partial charge in [-0.2, -0.15) is 0 Å². The average molecular weight is 620 g/mol. The van der Waals surface area contributed by atoms with Crippen molar-refractivity contribution in [3.8, 4) is 28.7 Å².